The molecular weight excluding hydrogens is 1650 g/mol. The normalized spacial score (nSPS) is 16.5. The van der Waals surface area contributed by atoms with Gasteiger partial charge in [0.2, 0.25) is 0 Å². The fourth-order valence-corrected chi connectivity index (χ4v) is 16.3. The van der Waals surface area contributed by atoms with Gasteiger partial charge in [0.1, 0.15) is 75.9 Å². The van der Waals surface area contributed by atoms with Crippen molar-refractivity contribution < 1.29 is 135 Å². The van der Waals surface area contributed by atoms with Crippen molar-refractivity contribution in [2.24, 2.45) is 23.7 Å². The summed E-state index contributed by atoms with van der Waals surface area (Å²) < 4.78 is 69.2. The van der Waals surface area contributed by atoms with Gasteiger partial charge in [-0.25, -0.2) is 38.4 Å². The van der Waals surface area contributed by atoms with Crippen molar-refractivity contribution >= 4 is 71.6 Å². The predicted octanol–water partition coefficient (Wildman–Crippen LogP) is 13.8. The van der Waals surface area contributed by atoms with E-state index in [-0.39, 0.29) is 50.4 Å². The van der Waals surface area contributed by atoms with Crippen LogP contribution in [0.1, 0.15) is 112 Å². The lowest BCUT2D eigenvalue weighted by Crippen LogP contribution is -2.37. The van der Waals surface area contributed by atoms with E-state index >= 15 is 0 Å². The molecule has 128 heavy (non-hydrogen) atoms. The summed E-state index contributed by atoms with van der Waals surface area (Å²) in [6.45, 7) is 9.75. The highest BCUT2D eigenvalue weighted by molar-refractivity contribution is 6.10. The number of allylic oxidation sites excluding steroid dienone is 4. The number of carboxylic acid groups (broad SMARTS) is 4. The van der Waals surface area contributed by atoms with E-state index in [0.29, 0.717) is 23.6 Å². The van der Waals surface area contributed by atoms with Crippen LogP contribution in [0.3, 0.4) is 0 Å². The quantitative estimate of drug-likeness (QED) is 0.0120. The zero-order valence-electron chi connectivity index (χ0n) is 68.8. The van der Waals surface area contributed by atoms with Crippen LogP contribution < -0.4 is 18.9 Å². The van der Waals surface area contributed by atoms with Crippen molar-refractivity contribution in [3.05, 3.63) is 348 Å². The SMILES string of the molecule is C=CC(=O)OCC(COc1ccc(C2(c3ccc(OCC(COC(=O)C=C)OC(=O)C4CC=CCC4C(=O)O)cc3)c3ccccc3-c3ccccc32)cc1)OC(=O)c1cc(C(=O)OC(COC(=O)C=C)COc2ccc(C3(c4ccc(OCC(COC(=O)C=C)OC(=O)C5CC=CCC5C(=O)O)cc4)c4ccccc4-c4ccccc43)cc2)c(C(=O)O)cc1C(=O)O. The second-order valence-electron chi connectivity index (χ2n) is 30.1. The molecule has 654 valence electrons. The number of fused-ring (bicyclic) bond motifs is 6. The number of hydrogen-bond donors (Lipinski definition) is 4. The molecule has 0 bridgehead atoms. The second kappa shape index (κ2) is 40.7. The Balaban J connectivity index is 0.723. The maximum Gasteiger partial charge on any atom is 0.339 e. The first-order valence-electron chi connectivity index (χ1n) is 40.6. The van der Waals surface area contributed by atoms with Gasteiger partial charge in [-0.1, -0.05) is 196 Å². The molecule has 0 saturated heterocycles. The maximum absolute atomic E-state index is 14.6. The van der Waals surface area contributed by atoms with E-state index in [4.69, 9.17) is 56.8 Å². The summed E-state index contributed by atoms with van der Waals surface area (Å²) in [5.74, 6) is -16.9. The van der Waals surface area contributed by atoms with E-state index in [0.717, 1.165) is 91.1 Å². The fraction of sp³-hybridized carbons (Fsp3) is 0.220. The van der Waals surface area contributed by atoms with Crippen molar-refractivity contribution in [2.75, 3.05) is 52.9 Å². The van der Waals surface area contributed by atoms with E-state index in [1.165, 1.54) is 0 Å². The largest absolute Gasteiger partial charge is 0.490 e. The molecule has 8 atom stereocenters. The Hall–Kier alpha value is -15.7. The van der Waals surface area contributed by atoms with E-state index < -0.39 is 192 Å². The highest BCUT2D eigenvalue weighted by Gasteiger charge is 2.49. The van der Waals surface area contributed by atoms with Gasteiger partial charge in [-0.15, -0.1) is 0 Å². The number of benzene rings is 9. The molecule has 28 heteroatoms. The number of carbonyl (C=O) groups excluding carboxylic acids is 8. The summed E-state index contributed by atoms with van der Waals surface area (Å²) >= 11 is 0. The number of hydrogen-bond acceptors (Lipinski definition) is 24. The minimum absolute atomic E-state index is 0.132. The minimum atomic E-state index is -1.83. The van der Waals surface area contributed by atoms with Gasteiger partial charge in [0, 0.05) is 24.3 Å². The maximum atomic E-state index is 14.6. The topological polar surface area (TPSA) is 397 Å². The standard InChI is InChI=1S/C100H86O28/c1-5-87(101)121-55-67(125-95(113)77-27-11-9-25-75(77)91(105)106)51-117-63-41-33-59(34-42-63)99(83-29-17-13-21-71(83)72-22-14-18-30-84(72)99)61-37-45-65(46-38-61)119-53-69(57-123-89(103)7-3)127-97(115)81-50-82(80(94(111)112)49-79(81)93(109)110)98(116)128-70(58-124-90(104)8-4)54-120-66-47-39-62(40-48-66)100(85-31-19-15-23-73(85)74-24-16-20-32-86(74)100)60-35-43-64(44-36-60)118-52-68(56-122-88(102)6-2)126-96(114)78-28-12-10-26-76(78)92(107)108/h5-24,29-50,67-70,75-78H,1-4,25-28,51-58H2,(H,105,106)(H,107,108)(H,109,110)(H,111,112). The van der Waals surface area contributed by atoms with Gasteiger partial charge < -0.3 is 77.3 Å². The molecule has 0 amide bonds. The van der Waals surface area contributed by atoms with Crippen molar-refractivity contribution in [1.29, 1.82) is 0 Å². The number of rotatable bonds is 40. The van der Waals surface area contributed by atoms with E-state index in [1.54, 1.807) is 72.8 Å². The summed E-state index contributed by atoms with van der Waals surface area (Å²) in [5, 5.41) is 40.9. The zero-order chi connectivity index (χ0) is 90.8. The third-order valence-electron chi connectivity index (χ3n) is 22.4. The summed E-state index contributed by atoms with van der Waals surface area (Å²) in [6.07, 6.45) is 5.52. The van der Waals surface area contributed by atoms with Crippen LogP contribution >= 0.6 is 0 Å². The summed E-state index contributed by atoms with van der Waals surface area (Å²) in [7, 11) is 0. The first kappa shape index (κ1) is 90.0. The molecule has 8 unspecified atom stereocenters. The first-order valence-corrected chi connectivity index (χ1v) is 40.6. The molecule has 4 N–H and O–H groups in total. The van der Waals surface area contributed by atoms with Gasteiger partial charge in [0.05, 0.1) is 56.8 Å². The summed E-state index contributed by atoms with van der Waals surface area (Å²) in [5.41, 5.74) is 4.81. The van der Waals surface area contributed by atoms with Crippen LogP contribution in [-0.2, 0) is 87.1 Å². The van der Waals surface area contributed by atoms with Crippen LogP contribution in [0.2, 0.25) is 0 Å². The summed E-state index contributed by atoms with van der Waals surface area (Å²) in [4.78, 5) is 156. The monoisotopic (exact) mass is 1730 g/mol. The fourth-order valence-electron chi connectivity index (χ4n) is 16.3. The average molecular weight is 1740 g/mol. The molecule has 9 aromatic carbocycles. The molecule has 4 aliphatic carbocycles. The van der Waals surface area contributed by atoms with E-state index in [2.05, 4.69) is 26.3 Å². The molecular formula is C100H86O28. The van der Waals surface area contributed by atoms with Crippen molar-refractivity contribution in [2.45, 2.75) is 60.9 Å². The highest BCUT2D eigenvalue weighted by atomic mass is 16.6. The smallest absolute Gasteiger partial charge is 0.339 e. The number of carbonyl (C=O) groups is 12. The molecule has 0 fully saturated rings. The van der Waals surface area contributed by atoms with E-state index in [1.807, 2.05) is 146 Å². The van der Waals surface area contributed by atoms with Crippen LogP contribution in [0.25, 0.3) is 22.3 Å². The Morgan fingerprint density at radius 1 is 0.305 bits per heavy atom. The average Bonchev–Trinajstić information content (AvgIpc) is 1.54. The first-order chi connectivity index (χ1) is 61.9. The molecule has 0 aliphatic heterocycles. The molecule has 0 radical (unpaired) electrons. The molecule has 0 aromatic heterocycles. The Bertz CT molecular complexity index is 5400. The van der Waals surface area contributed by atoms with Gasteiger partial charge in [0.15, 0.2) is 24.4 Å². The highest BCUT2D eigenvalue weighted by Crippen LogP contribution is 2.58. The zero-order valence-corrected chi connectivity index (χ0v) is 68.8. The second-order valence-corrected chi connectivity index (χ2v) is 30.1. The predicted molar refractivity (Wildman–Crippen MR) is 459 cm³/mol. The molecule has 13 rings (SSSR count). The van der Waals surface area contributed by atoms with Gasteiger partial charge in [-0.3, -0.25) is 19.2 Å². The molecule has 4 aliphatic rings. The number of esters is 8. The summed E-state index contributed by atoms with van der Waals surface area (Å²) in [6, 6.07) is 60.9. The van der Waals surface area contributed by atoms with E-state index in [9.17, 15) is 78.0 Å². The number of aromatic carboxylic acids is 2. The molecule has 0 saturated carbocycles. The lowest BCUT2D eigenvalue weighted by molar-refractivity contribution is -0.167. The lowest BCUT2D eigenvalue weighted by atomic mass is 9.68. The van der Waals surface area contributed by atoms with Crippen LogP contribution in [0.5, 0.6) is 23.0 Å². The third-order valence-corrected chi connectivity index (χ3v) is 22.4. The van der Waals surface area contributed by atoms with Gasteiger partial charge in [0.25, 0.3) is 0 Å². The molecule has 9 aromatic rings. The van der Waals surface area contributed by atoms with Crippen LogP contribution in [-0.4, -0.2) is 169 Å². The number of aliphatic carboxylic acids is 2. The van der Waals surface area contributed by atoms with Crippen LogP contribution in [0.15, 0.2) is 281 Å². The van der Waals surface area contributed by atoms with Crippen LogP contribution in [0, 0.1) is 23.7 Å². The number of ether oxygens (including phenoxy) is 12. The Kier molecular flexibility index (Phi) is 28.6. The van der Waals surface area contributed by atoms with Gasteiger partial charge in [-0.05, 0) is 153 Å². The third kappa shape index (κ3) is 19.7. The minimum Gasteiger partial charge on any atom is -0.490 e. The van der Waals surface area contributed by atoms with Crippen LogP contribution in [0.4, 0.5) is 0 Å². The Morgan fingerprint density at radius 2 is 0.539 bits per heavy atom. The Morgan fingerprint density at radius 3 is 0.781 bits per heavy atom. The molecule has 0 spiro atoms. The lowest BCUT2D eigenvalue weighted by Gasteiger charge is -2.34. The van der Waals surface area contributed by atoms with Gasteiger partial charge >= 0.3 is 71.6 Å². The van der Waals surface area contributed by atoms with Crippen molar-refractivity contribution in [3.63, 3.8) is 0 Å². The van der Waals surface area contributed by atoms with Crippen molar-refractivity contribution in [3.8, 4) is 45.3 Å². The van der Waals surface area contributed by atoms with Crippen molar-refractivity contribution in [1.82, 2.24) is 0 Å². The molecule has 28 nitrogen and oxygen atoms in total. The molecule has 0 heterocycles. The number of carboxylic acids is 4. The van der Waals surface area contributed by atoms with Gasteiger partial charge in [-0.2, -0.15) is 0 Å². The Labute approximate surface area is 733 Å².